The summed E-state index contributed by atoms with van der Waals surface area (Å²) < 4.78 is 12.4. The first-order valence-corrected chi connectivity index (χ1v) is 13.0. The van der Waals surface area contributed by atoms with Gasteiger partial charge in [0.15, 0.2) is 11.2 Å². The monoisotopic (exact) mass is 539 g/mol. The lowest BCUT2D eigenvalue weighted by molar-refractivity contribution is -0.137. The third-order valence-corrected chi connectivity index (χ3v) is 7.17. The van der Waals surface area contributed by atoms with Gasteiger partial charge in [0, 0.05) is 37.1 Å². The van der Waals surface area contributed by atoms with Crippen molar-refractivity contribution in [2.75, 3.05) is 25.1 Å². The molecule has 1 aliphatic carbocycles. The number of carboxylic acids is 1. The van der Waals surface area contributed by atoms with Crippen molar-refractivity contribution in [3.8, 4) is 11.6 Å². The van der Waals surface area contributed by atoms with Gasteiger partial charge in [-0.05, 0) is 46.1 Å². The highest BCUT2D eigenvalue weighted by Crippen LogP contribution is 2.38. The summed E-state index contributed by atoms with van der Waals surface area (Å²) in [7, 11) is 1.49. The fraction of sp³-hybridized carbons (Fsp3) is 0.538. The maximum absolute atomic E-state index is 14.0. The molecule has 1 N–H and O–H groups in total. The molecule has 39 heavy (non-hydrogen) atoms. The summed E-state index contributed by atoms with van der Waals surface area (Å²) in [6.07, 6.45) is 3.19. The van der Waals surface area contributed by atoms with Gasteiger partial charge in [-0.3, -0.25) is 9.59 Å². The number of pyridine rings is 2. The van der Waals surface area contributed by atoms with Crippen LogP contribution in [0.2, 0.25) is 0 Å². The van der Waals surface area contributed by atoms with E-state index in [1.54, 1.807) is 21.6 Å². The molecule has 0 radical (unpaired) electrons. The summed E-state index contributed by atoms with van der Waals surface area (Å²) >= 11 is 0. The topological polar surface area (TPSA) is 145 Å². The molecule has 3 aromatic heterocycles. The third kappa shape index (κ3) is 4.77. The molecule has 1 amide bonds. The SMILES string of the molecule is CCc1c(N2CCN(C(=O)OC(C)(C)C)[C@H]3CC[C@@H]32)c(=O)c2nn(-c3ccnc(OC)c3)nc2n1CC(=O)O. The Morgan fingerprint density at radius 1 is 1.15 bits per heavy atom. The molecule has 0 spiro atoms. The molecule has 208 valence electrons. The molecule has 2 atom stereocenters. The number of ether oxygens (including phenoxy) is 2. The highest BCUT2D eigenvalue weighted by Gasteiger charge is 2.47. The average Bonchev–Trinajstić information content (AvgIpc) is 3.31. The second-order valence-corrected chi connectivity index (χ2v) is 10.8. The van der Waals surface area contributed by atoms with Gasteiger partial charge < -0.3 is 28.9 Å². The standard InChI is InChI=1S/C26H33N7O6/c1-6-16-22(30-11-12-31(18-8-7-17(18)30)25(37)39-26(2,3)4)23(36)21-24(32(16)14-20(34)35)29-33(28-21)15-9-10-27-19(13-15)38-5/h9-10,13,17-18H,6-8,11-12,14H2,1-5H3,(H,34,35)/t17-,18-/m0/s1. The molecule has 1 saturated carbocycles. The Bertz CT molecular complexity index is 1490. The molecule has 13 heteroatoms. The van der Waals surface area contributed by atoms with E-state index in [9.17, 15) is 19.5 Å². The van der Waals surface area contributed by atoms with Gasteiger partial charge in [0.05, 0.1) is 18.8 Å². The number of carboxylic acid groups (broad SMARTS) is 1. The van der Waals surface area contributed by atoms with E-state index in [4.69, 9.17) is 9.47 Å². The van der Waals surface area contributed by atoms with Gasteiger partial charge >= 0.3 is 12.1 Å². The number of amides is 1. The Morgan fingerprint density at radius 3 is 2.51 bits per heavy atom. The number of anilines is 1. The number of fused-ring (bicyclic) bond motifs is 2. The summed E-state index contributed by atoms with van der Waals surface area (Å²) in [5, 5.41) is 18.8. The van der Waals surface area contributed by atoms with Gasteiger partial charge in [-0.25, -0.2) is 9.78 Å². The quantitative estimate of drug-likeness (QED) is 0.495. The van der Waals surface area contributed by atoms with Crippen LogP contribution in [0.1, 0.15) is 46.2 Å². The summed E-state index contributed by atoms with van der Waals surface area (Å²) in [4.78, 5) is 48.0. The van der Waals surface area contributed by atoms with Crippen LogP contribution >= 0.6 is 0 Å². The van der Waals surface area contributed by atoms with Crippen LogP contribution in [0.15, 0.2) is 23.1 Å². The molecule has 2 fully saturated rings. The molecule has 3 aromatic rings. The van der Waals surface area contributed by atoms with E-state index in [2.05, 4.69) is 15.2 Å². The van der Waals surface area contributed by atoms with Crippen molar-refractivity contribution < 1.29 is 24.2 Å². The molecule has 0 unspecified atom stereocenters. The average molecular weight is 540 g/mol. The summed E-state index contributed by atoms with van der Waals surface area (Å²) in [6.45, 7) is 7.82. The summed E-state index contributed by atoms with van der Waals surface area (Å²) in [5.41, 5.74) is 0.857. The fourth-order valence-corrected chi connectivity index (χ4v) is 5.40. The summed E-state index contributed by atoms with van der Waals surface area (Å²) in [6, 6.07) is 3.12. The van der Waals surface area contributed by atoms with E-state index in [-0.39, 0.29) is 41.3 Å². The first kappa shape index (κ1) is 26.4. The predicted octanol–water partition coefficient (Wildman–Crippen LogP) is 2.22. The lowest BCUT2D eigenvalue weighted by Crippen LogP contribution is -2.67. The van der Waals surface area contributed by atoms with Crippen molar-refractivity contribution in [1.29, 1.82) is 0 Å². The Balaban J connectivity index is 1.60. The number of nitrogens with zero attached hydrogens (tertiary/aromatic N) is 7. The Kier molecular flexibility index (Phi) is 6.69. The van der Waals surface area contributed by atoms with E-state index in [0.717, 1.165) is 12.8 Å². The van der Waals surface area contributed by atoms with Crippen molar-refractivity contribution in [1.82, 2.24) is 29.4 Å². The van der Waals surface area contributed by atoms with Crippen LogP contribution in [-0.2, 0) is 22.5 Å². The van der Waals surface area contributed by atoms with Crippen molar-refractivity contribution >= 4 is 28.9 Å². The Morgan fingerprint density at radius 2 is 1.90 bits per heavy atom. The molecule has 4 heterocycles. The second kappa shape index (κ2) is 9.86. The van der Waals surface area contributed by atoms with Crippen molar-refractivity contribution in [2.24, 2.45) is 0 Å². The molecular formula is C26H33N7O6. The Hall–Kier alpha value is -4.16. The smallest absolute Gasteiger partial charge is 0.410 e. The number of piperazine rings is 1. The maximum atomic E-state index is 14.0. The fourth-order valence-electron chi connectivity index (χ4n) is 5.40. The molecule has 0 bridgehead atoms. The van der Waals surface area contributed by atoms with Gasteiger partial charge in [0.25, 0.3) is 0 Å². The number of hydrogen-bond donors (Lipinski definition) is 1. The van der Waals surface area contributed by atoms with Crippen LogP contribution in [0.4, 0.5) is 10.5 Å². The van der Waals surface area contributed by atoms with Crippen molar-refractivity contribution in [2.45, 2.75) is 71.2 Å². The van der Waals surface area contributed by atoms with E-state index >= 15 is 0 Å². The number of hydrogen-bond acceptors (Lipinski definition) is 9. The molecule has 1 saturated heterocycles. The molecule has 13 nitrogen and oxygen atoms in total. The zero-order valence-corrected chi connectivity index (χ0v) is 22.7. The minimum absolute atomic E-state index is 0.0738. The largest absolute Gasteiger partial charge is 0.481 e. The van der Waals surface area contributed by atoms with E-state index in [1.807, 2.05) is 32.6 Å². The zero-order valence-electron chi connectivity index (χ0n) is 22.7. The lowest BCUT2D eigenvalue weighted by Gasteiger charge is -2.54. The molecule has 5 rings (SSSR count). The molecule has 1 aliphatic heterocycles. The first-order chi connectivity index (χ1) is 18.5. The number of methoxy groups -OCH3 is 1. The van der Waals surface area contributed by atoms with Gasteiger partial charge in [-0.2, -0.15) is 0 Å². The van der Waals surface area contributed by atoms with Crippen LogP contribution in [0, 0.1) is 0 Å². The van der Waals surface area contributed by atoms with E-state index < -0.39 is 11.6 Å². The molecular weight excluding hydrogens is 506 g/mol. The van der Waals surface area contributed by atoms with E-state index in [1.165, 1.54) is 18.1 Å². The first-order valence-electron chi connectivity index (χ1n) is 13.0. The number of aromatic nitrogens is 5. The van der Waals surface area contributed by atoms with Crippen molar-refractivity contribution in [3.05, 3.63) is 34.2 Å². The minimum Gasteiger partial charge on any atom is -0.481 e. The van der Waals surface area contributed by atoms with Crippen LogP contribution in [0.5, 0.6) is 5.88 Å². The predicted molar refractivity (Wildman–Crippen MR) is 142 cm³/mol. The van der Waals surface area contributed by atoms with Crippen LogP contribution in [0.3, 0.4) is 0 Å². The van der Waals surface area contributed by atoms with Gasteiger partial charge in [-0.1, -0.05) is 6.92 Å². The number of rotatable bonds is 6. The normalized spacial score (nSPS) is 19.0. The highest BCUT2D eigenvalue weighted by molar-refractivity contribution is 5.80. The van der Waals surface area contributed by atoms with Gasteiger partial charge in [0.1, 0.15) is 17.8 Å². The van der Waals surface area contributed by atoms with E-state index in [0.29, 0.717) is 42.5 Å². The highest BCUT2D eigenvalue weighted by atomic mass is 16.6. The molecule has 0 aromatic carbocycles. The minimum atomic E-state index is -1.06. The van der Waals surface area contributed by atoms with Crippen molar-refractivity contribution in [3.63, 3.8) is 0 Å². The molecule has 2 aliphatic rings. The lowest BCUT2D eigenvalue weighted by atomic mass is 9.81. The third-order valence-electron chi connectivity index (χ3n) is 7.17. The van der Waals surface area contributed by atoms with Gasteiger partial charge in [-0.15, -0.1) is 15.0 Å². The van der Waals surface area contributed by atoms with Crippen LogP contribution < -0.4 is 15.1 Å². The maximum Gasteiger partial charge on any atom is 0.410 e. The van der Waals surface area contributed by atoms with Crippen LogP contribution in [-0.4, -0.2) is 84.5 Å². The second-order valence-electron chi connectivity index (χ2n) is 10.8. The summed E-state index contributed by atoms with van der Waals surface area (Å²) in [5.74, 6) is -0.708. The number of carbonyl (C=O) groups is 2. The number of carbonyl (C=O) groups excluding carboxylic acids is 1. The van der Waals surface area contributed by atoms with Gasteiger partial charge in [0.2, 0.25) is 11.3 Å². The Labute approximate surface area is 224 Å². The number of aliphatic carboxylic acids is 1. The zero-order chi connectivity index (χ0) is 28.1. The van der Waals surface area contributed by atoms with Crippen LogP contribution in [0.25, 0.3) is 16.9 Å².